The van der Waals surface area contributed by atoms with Crippen LogP contribution in [0.15, 0.2) is 0 Å². The second kappa shape index (κ2) is 19.8. The summed E-state index contributed by atoms with van der Waals surface area (Å²) in [7, 11) is -4.14. The first-order valence-corrected chi connectivity index (χ1v) is 12.0. The van der Waals surface area contributed by atoms with Crippen molar-refractivity contribution >= 4 is 10.1 Å². The SMILES string of the molecule is CCCCCCC(CCCCCCCCCCC(O)CC)S(=O)(=O)[O-].[K+]. The Bertz CT molecular complexity index is 387. The van der Waals surface area contributed by atoms with Crippen molar-refractivity contribution in [3.8, 4) is 0 Å². The summed E-state index contributed by atoms with van der Waals surface area (Å²) in [5.74, 6) is 0. The zero-order chi connectivity index (χ0) is 19.0. The molecule has 0 saturated heterocycles. The molecule has 6 heteroatoms. The summed E-state index contributed by atoms with van der Waals surface area (Å²) in [6, 6.07) is 0. The van der Waals surface area contributed by atoms with Crippen LogP contribution in [0.2, 0.25) is 0 Å². The van der Waals surface area contributed by atoms with E-state index in [1.165, 1.54) is 25.7 Å². The standard InChI is InChI=1S/C20H42O4S.K/c1-3-5-6-14-17-20(25(22,23)24)18-15-12-10-8-7-9-11-13-16-19(21)4-2;/h19-21H,3-18H2,1-2H3,(H,22,23,24);/q;+1/p-1. The molecule has 0 bridgehead atoms. The minimum absolute atomic E-state index is 0. The number of hydrogen-bond acceptors (Lipinski definition) is 4. The van der Waals surface area contributed by atoms with Crippen molar-refractivity contribution in [2.75, 3.05) is 0 Å². The maximum atomic E-state index is 11.4. The Morgan fingerprint density at radius 3 is 1.50 bits per heavy atom. The molecule has 0 fully saturated rings. The fraction of sp³-hybridized carbons (Fsp3) is 1.00. The first-order chi connectivity index (χ1) is 11.9. The second-order valence-electron chi connectivity index (χ2n) is 7.43. The van der Waals surface area contributed by atoms with Crippen LogP contribution in [0.5, 0.6) is 0 Å². The van der Waals surface area contributed by atoms with Gasteiger partial charge in [0.25, 0.3) is 0 Å². The van der Waals surface area contributed by atoms with Gasteiger partial charge in [-0.2, -0.15) is 0 Å². The third kappa shape index (κ3) is 18.9. The molecule has 0 aromatic carbocycles. The molecule has 0 radical (unpaired) electrons. The van der Waals surface area contributed by atoms with Gasteiger partial charge < -0.3 is 9.66 Å². The van der Waals surface area contributed by atoms with E-state index in [1.54, 1.807) is 0 Å². The van der Waals surface area contributed by atoms with E-state index in [9.17, 15) is 18.1 Å². The molecule has 0 aliphatic carbocycles. The Hall–Kier alpha value is 1.51. The zero-order valence-electron chi connectivity index (χ0n) is 17.5. The van der Waals surface area contributed by atoms with E-state index in [2.05, 4.69) is 6.92 Å². The number of hydrogen-bond donors (Lipinski definition) is 1. The van der Waals surface area contributed by atoms with E-state index in [1.807, 2.05) is 6.92 Å². The van der Waals surface area contributed by atoms with Gasteiger partial charge in [0.15, 0.2) is 0 Å². The van der Waals surface area contributed by atoms with Gasteiger partial charge in [-0.05, 0) is 25.7 Å². The normalized spacial score (nSPS) is 14.0. The van der Waals surface area contributed by atoms with Gasteiger partial charge in [-0.1, -0.05) is 90.9 Å². The second-order valence-corrected chi connectivity index (χ2v) is 9.08. The average Bonchev–Trinajstić information content (AvgIpc) is 2.56. The fourth-order valence-corrected chi connectivity index (χ4v) is 4.16. The van der Waals surface area contributed by atoms with Gasteiger partial charge in [-0.25, -0.2) is 8.42 Å². The van der Waals surface area contributed by atoms with Crippen LogP contribution >= 0.6 is 0 Å². The maximum absolute atomic E-state index is 11.4. The van der Waals surface area contributed by atoms with Crippen LogP contribution in [0, 0.1) is 0 Å². The van der Waals surface area contributed by atoms with Gasteiger partial charge in [0.1, 0.15) is 0 Å². The van der Waals surface area contributed by atoms with E-state index >= 15 is 0 Å². The van der Waals surface area contributed by atoms with E-state index in [4.69, 9.17) is 0 Å². The van der Waals surface area contributed by atoms with E-state index in [0.717, 1.165) is 64.2 Å². The minimum atomic E-state index is -4.14. The third-order valence-electron chi connectivity index (χ3n) is 5.07. The Labute approximate surface area is 205 Å². The molecule has 0 amide bonds. The Morgan fingerprint density at radius 1 is 0.731 bits per heavy atom. The van der Waals surface area contributed by atoms with Crippen LogP contribution in [0.4, 0.5) is 0 Å². The maximum Gasteiger partial charge on any atom is 1.00 e. The van der Waals surface area contributed by atoms with Crippen molar-refractivity contribution < 1.29 is 69.5 Å². The van der Waals surface area contributed by atoms with E-state index in [-0.39, 0.29) is 57.5 Å². The monoisotopic (exact) mass is 416 g/mol. The Balaban J connectivity index is 0. The van der Waals surface area contributed by atoms with Gasteiger partial charge in [0.05, 0.1) is 16.2 Å². The number of aliphatic hydroxyl groups is 1. The Kier molecular flexibility index (Phi) is 22.6. The number of unbranched alkanes of at least 4 members (excludes halogenated alkanes) is 10. The molecule has 0 rings (SSSR count). The molecule has 0 aromatic rings. The van der Waals surface area contributed by atoms with Crippen molar-refractivity contribution in [2.24, 2.45) is 0 Å². The van der Waals surface area contributed by atoms with E-state index in [0.29, 0.717) is 12.8 Å². The molecule has 2 unspecified atom stereocenters. The zero-order valence-corrected chi connectivity index (χ0v) is 21.5. The van der Waals surface area contributed by atoms with Crippen molar-refractivity contribution in [3.63, 3.8) is 0 Å². The summed E-state index contributed by atoms with van der Waals surface area (Å²) in [6.07, 6.45) is 15.7. The molecule has 0 spiro atoms. The van der Waals surface area contributed by atoms with Crippen molar-refractivity contribution in [1.29, 1.82) is 0 Å². The summed E-state index contributed by atoms with van der Waals surface area (Å²) >= 11 is 0. The average molecular weight is 417 g/mol. The summed E-state index contributed by atoms with van der Waals surface area (Å²) < 4.78 is 34.1. The molecule has 4 nitrogen and oxygen atoms in total. The van der Waals surface area contributed by atoms with Gasteiger partial charge in [0.2, 0.25) is 0 Å². The smallest absolute Gasteiger partial charge is 0.748 e. The molecule has 2 atom stereocenters. The summed E-state index contributed by atoms with van der Waals surface area (Å²) in [6.45, 7) is 4.13. The van der Waals surface area contributed by atoms with Crippen LogP contribution in [-0.4, -0.2) is 29.4 Å². The van der Waals surface area contributed by atoms with Crippen molar-refractivity contribution in [2.45, 2.75) is 128 Å². The van der Waals surface area contributed by atoms with Crippen molar-refractivity contribution in [3.05, 3.63) is 0 Å². The molecule has 0 aromatic heterocycles. The quantitative estimate of drug-likeness (QED) is 0.212. The molecule has 0 saturated carbocycles. The number of aliphatic hydroxyl groups excluding tert-OH is 1. The summed E-state index contributed by atoms with van der Waals surface area (Å²) in [5.41, 5.74) is 0. The first-order valence-electron chi connectivity index (χ1n) is 10.5. The summed E-state index contributed by atoms with van der Waals surface area (Å²) in [5, 5.41) is 8.80. The largest absolute Gasteiger partial charge is 1.00 e. The van der Waals surface area contributed by atoms with Gasteiger partial charge in [0, 0.05) is 5.25 Å². The fourth-order valence-electron chi connectivity index (χ4n) is 3.25. The molecule has 0 aliphatic heterocycles. The Morgan fingerprint density at radius 2 is 1.12 bits per heavy atom. The minimum Gasteiger partial charge on any atom is -0.748 e. The van der Waals surface area contributed by atoms with Crippen LogP contribution in [0.3, 0.4) is 0 Å². The van der Waals surface area contributed by atoms with Crippen LogP contribution in [-0.2, 0) is 10.1 Å². The molecular weight excluding hydrogens is 375 g/mol. The molecule has 152 valence electrons. The van der Waals surface area contributed by atoms with Crippen molar-refractivity contribution in [1.82, 2.24) is 0 Å². The molecule has 0 heterocycles. The van der Waals surface area contributed by atoms with Crippen LogP contribution < -0.4 is 51.4 Å². The molecule has 1 N–H and O–H groups in total. The van der Waals surface area contributed by atoms with Gasteiger partial charge >= 0.3 is 51.4 Å². The van der Waals surface area contributed by atoms with Gasteiger partial charge in [-0.3, -0.25) is 0 Å². The third-order valence-corrected chi connectivity index (χ3v) is 6.36. The predicted molar refractivity (Wildman–Crippen MR) is 105 cm³/mol. The first kappa shape index (κ1) is 29.7. The predicted octanol–water partition coefficient (Wildman–Crippen LogP) is 2.55. The van der Waals surface area contributed by atoms with Crippen LogP contribution in [0.1, 0.15) is 117 Å². The molecule has 0 aliphatic rings. The summed E-state index contributed by atoms with van der Waals surface area (Å²) in [4.78, 5) is 0. The molecular formula is C20H41KO4S. The van der Waals surface area contributed by atoms with Gasteiger partial charge in [-0.15, -0.1) is 0 Å². The number of rotatable bonds is 18. The van der Waals surface area contributed by atoms with E-state index < -0.39 is 15.4 Å². The molecule has 26 heavy (non-hydrogen) atoms. The van der Waals surface area contributed by atoms with Crippen LogP contribution in [0.25, 0.3) is 0 Å². The topological polar surface area (TPSA) is 77.4 Å².